The first-order valence-electron chi connectivity index (χ1n) is 6.14. The molecule has 1 aromatic heterocycles. The van der Waals surface area contributed by atoms with Crippen molar-refractivity contribution < 1.29 is 4.74 Å². The molecule has 0 radical (unpaired) electrons. The van der Waals surface area contributed by atoms with E-state index in [2.05, 4.69) is 39.7 Å². The molecule has 0 aliphatic carbocycles. The minimum Gasteiger partial charge on any atom is -0.381 e. The van der Waals surface area contributed by atoms with Crippen LogP contribution in [0.5, 0.6) is 0 Å². The molecular formula is C12H19BrN2OS. The number of thiazole rings is 1. The summed E-state index contributed by atoms with van der Waals surface area (Å²) in [7, 11) is 0. The maximum atomic E-state index is 5.55. The summed E-state index contributed by atoms with van der Waals surface area (Å²) in [4.78, 5) is 6.88. The number of piperidine rings is 1. The van der Waals surface area contributed by atoms with Gasteiger partial charge < -0.3 is 9.64 Å². The van der Waals surface area contributed by atoms with Crippen molar-refractivity contribution >= 4 is 32.4 Å². The highest BCUT2D eigenvalue weighted by atomic mass is 79.9. The van der Waals surface area contributed by atoms with Gasteiger partial charge in [0, 0.05) is 31.7 Å². The lowest BCUT2D eigenvalue weighted by molar-refractivity contribution is 0.0803. The number of hydrogen-bond acceptors (Lipinski definition) is 4. The zero-order valence-electron chi connectivity index (χ0n) is 10.4. The van der Waals surface area contributed by atoms with Gasteiger partial charge in [-0.3, -0.25) is 0 Å². The highest BCUT2D eigenvalue weighted by Gasteiger charge is 2.27. The van der Waals surface area contributed by atoms with E-state index in [-0.39, 0.29) is 0 Å². The molecule has 0 spiro atoms. The van der Waals surface area contributed by atoms with Crippen molar-refractivity contribution in [2.75, 3.05) is 31.2 Å². The summed E-state index contributed by atoms with van der Waals surface area (Å²) in [6, 6.07) is 0. The number of anilines is 1. The summed E-state index contributed by atoms with van der Waals surface area (Å²) >= 11 is 5.13. The second-order valence-corrected chi connectivity index (χ2v) is 6.23. The van der Waals surface area contributed by atoms with Crippen LogP contribution in [0.25, 0.3) is 0 Å². The Morgan fingerprint density at radius 3 is 3.06 bits per heavy atom. The summed E-state index contributed by atoms with van der Waals surface area (Å²) in [5, 5.41) is 3.19. The molecule has 1 aliphatic heterocycles. The standard InChI is InChI=1S/C12H19BrN2OS/c1-3-16-7-10-4-5-15(6-9(10)2)12-14-11(13)8-17-12/h8-10H,3-7H2,1-2H3/t9-,10-/m1/s1. The van der Waals surface area contributed by atoms with Gasteiger partial charge in [-0.1, -0.05) is 6.92 Å². The van der Waals surface area contributed by atoms with Crippen LogP contribution in [0.2, 0.25) is 0 Å². The third-order valence-corrected chi connectivity index (χ3v) is 4.96. The minimum absolute atomic E-state index is 0.679. The molecule has 1 fully saturated rings. The average Bonchev–Trinajstić information content (AvgIpc) is 2.74. The van der Waals surface area contributed by atoms with Crippen LogP contribution in [0.4, 0.5) is 5.13 Å². The van der Waals surface area contributed by atoms with Crippen LogP contribution in [0.1, 0.15) is 20.3 Å². The summed E-state index contributed by atoms with van der Waals surface area (Å²) in [5.41, 5.74) is 0. The van der Waals surface area contributed by atoms with E-state index < -0.39 is 0 Å². The molecule has 96 valence electrons. The topological polar surface area (TPSA) is 25.4 Å². The molecule has 3 nitrogen and oxygen atoms in total. The fourth-order valence-electron chi connectivity index (χ4n) is 2.28. The highest BCUT2D eigenvalue weighted by molar-refractivity contribution is 9.10. The predicted octanol–water partition coefficient (Wildman–Crippen LogP) is 3.40. The fraction of sp³-hybridized carbons (Fsp3) is 0.750. The largest absolute Gasteiger partial charge is 0.381 e. The van der Waals surface area contributed by atoms with Gasteiger partial charge in [-0.05, 0) is 41.1 Å². The second kappa shape index (κ2) is 6.16. The normalized spacial score (nSPS) is 25.2. The Labute approximate surface area is 115 Å². The Morgan fingerprint density at radius 2 is 2.47 bits per heavy atom. The lowest BCUT2D eigenvalue weighted by Gasteiger charge is -2.36. The lowest BCUT2D eigenvalue weighted by atomic mass is 9.88. The maximum Gasteiger partial charge on any atom is 0.186 e. The summed E-state index contributed by atoms with van der Waals surface area (Å²) in [6.07, 6.45) is 1.21. The van der Waals surface area contributed by atoms with Gasteiger partial charge in [0.15, 0.2) is 5.13 Å². The number of nitrogens with zero attached hydrogens (tertiary/aromatic N) is 2. The molecule has 5 heteroatoms. The third kappa shape index (κ3) is 3.42. The van der Waals surface area contributed by atoms with Crippen LogP contribution < -0.4 is 4.90 Å². The minimum atomic E-state index is 0.679. The number of hydrogen-bond donors (Lipinski definition) is 0. The van der Waals surface area contributed by atoms with Crippen molar-refractivity contribution in [3.8, 4) is 0 Å². The van der Waals surface area contributed by atoms with Crippen LogP contribution >= 0.6 is 27.3 Å². The van der Waals surface area contributed by atoms with Crippen LogP contribution in [0.3, 0.4) is 0 Å². The first-order valence-corrected chi connectivity index (χ1v) is 7.81. The molecule has 2 atom stereocenters. The smallest absolute Gasteiger partial charge is 0.186 e. The van der Waals surface area contributed by atoms with Crippen LogP contribution in [0.15, 0.2) is 9.98 Å². The predicted molar refractivity (Wildman–Crippen MR) is 75.8 cm³/mol. The second-order valence-electron chi connectivity index (χ2n) is 4.58. The summed E-state index contributed by atoms with van der Waals surface area (Å²) in [6.45, 7) is 8.31. The maximum absolute atomic E-state index is 5.55. The van der Waals surface area contributed by atoms with E-state index in [4.69, 9.17) is 4.74 Å². The molecule has 1 aromatic rings. The number of aromatic nitrogens is 1. The van der Waals surface area contributed by atoms with E-state index in [1.165, 1.54) is 6.42 Å². The van der Waals surface area contributed by atoms with Crippen molar-refractivity contribution in [1.29, 1.82) is 0 Å². The summed E-state index contributed by atoms with van der Waals surface area (Å²) < 4.78 is 6.50. The Kier molecular flexibility index (Phi) is 4.82. The quantitative estimate of drug-likeness (QED) is 0.850. The molecule has 0 unspecified atom stereocenters. The van der Waals surface area contributed by atoms with Crippen molar-refractivity contribution in [3.05, 3.63) is 9.98 Å². The Bertz CT molecular complexity index is 358. The first kappa shape index (κ1) is 13.3. The van der Waals surface area contributed by atoms with Gasteiger partial charge >= 0.3 is 0 Å². The number of rotatable bonds is 4. The summed E-state index contributed by atoms with van der Waals surface area (Å²) in [5.74, 6) is 1.38. The molecule has 2 rings (SSSR count). The highest BCUT2D eigenvalue weighted by Crippen LogP contribution is 2.30. The van der Waals surface area contributed by atoms with Gasteiger partial charge in [0.25, 0.3) is 0 Å². The average molecular weight is 319 g/mol. The van der Waals surface area contributed by atoms with Crippen molar-refractivity contribution in [2.45, 2.75) is 20.3 Å². The van der Waals surface area contributed by atoms with E-state index in [1.807, 2.05) is 5.38 Å². The lowest BCUT2D eigenvalue weighted by Crippen LogP contribution is -2.40. The fourth-order valence-corrected chi connectivity index (χ4v) is 3.56. The van der Waals surface area contributed by atoms with Gasteiger partial charge in [0.2, 0.25) is 0 Å². The van der Waals surface area contributed by atoms with Gasteiger partial charge in [0.05, 0.1) is 0 Å². The molecule has 0 bridgehead atoms. The first-order chi connectivity index (χ1) is 8.20. The van der Waals surface area contributed by atoms with Crippen LogP contribution in [-0.4, -0.2) is 31.3 Å². The molecule has 17 heavy (non-hydrogen) atoms. The molecule has 0 aromatic carbocycles. The Balaban J connectivity index is 1.90. The van der Waals surface area contributed by atoms with Crippen LogP contribution in [-0.2, 0) is 4.74 Å². The number of ether oxygens (including phenoxy) is 1. The van der Waals surface area contributed by atoms with E-state index in [9.17, 15) is 0 Å². The molecule has 0 saturated carbocycles. The third-order valence-electron chi connectivity index (χ3n) is 3.35. The molecule has 1 saturated heterocycles. The zero-order chi connectivity index (χ0) is 12.3. The Morgan fingerprint density at radius 1 is 1.65 bits per heavy atom. The van der Waals surface area contributed by atoms with Crippen molar-refractivity contribution in [1.82, 2.24) is 4.98 Å². The van der Waals surface area contributed by atoms with Crippen LogP contribution in [0, 0.1) is 11.8 Å². The molecule has 2 heterocycles. The van der Waals surface area contributed by atoms with Gasteiger partial charge in [-0.15, -0.1) is 11.3 Å². The number of halogens is 1. The van der Waals surface area contributed by atoms with Crippen molar-refractivity contribution in [3.63, 3.8) is 0 Å². The Hall–Kier alpha value is -0.130. The van der Waals surface area contributed by atoms with E-state index in [0.29, 0.717) is 11.8 Å². The van der Waals surface area contributed by atoms with Gasteiger partial charge in [0.1, 0.15) is 4.60 Å². The molecule has 1 aliphatic rings. The van der Waals surface area contributed by atoms with E-state index in [0.717, 1.165) is 36.0 Å². The molecule has 0 N–H and O–H groups in total. The SMILES string of the molecule is CCOC[C@H]1CCN(c2nc(Br)cs2)C[C@H]1C. The molecular weight excluding hydrogens is 300 g/mol. The monoisotopic (exact) mass is 318 g/mol. The van der Waals surface area contributed by atoms with Crippen molar-refractivity contribution in [2.24, 2.45) is 11.8 Å². The zero-order valence-corrected chi connectivity index (χ0v) is 12.8. The van der Waals surface area contributed by atoms with Gasteiger partial charge in [-0.2, -0.15) is 0 Å². The van der Waals surface area contributed by atoms with E-state index in [1.54, 1.807) is 11.3 Å². The van der Waals surface area contributed by atoms with Gasteiger partial charge in [-0.25, -0.2) is 4.98 Å². The van der Waals surface area contributed by atoms with E-state index >= 15 is 0 Å². The molecule has 0 amide bonds.